The van der Waals surface area contributed by atoms with Crippen LogP contribution < -0.4 is 0 Å². The summed E-state index contributed by atoms with van der Waals surface area (Å²) in [5.74, 6) is 1.08. The Bertz CT molecular complexity index is 695. The van der Waals surface area contributed by atoms with Crippen LogP contribution in [0.5, 0.6) is 0 Å². The molecule has 24 heavy (non-hydrogen) atoms. The van der Waals surface area contributed by atoms with Crippen molar-refractivity contribution in [2.24, 2.45) is 5.41 Å². The number of rotatable bonds is 4. The van der Waals surface area contributed by atoms with Gasteiger partial charge in [-0.25, -0.2) is 0 Å². The Kier molecular flexibility index (Phi) is 4.66. The summed E-state index contributed by atoms with van der Waals surface area (Å²) in [6.45, 7) is 5.45. The van der Waals surface area contributed by atoms with Gasteiger partial charge in [-0.2, -0.15) is 4.98 Å². The highest BCUT2D eigenvalue weighted by molar-refractivity contribution is 5.94. The largest absolute Gasteiger partial charge is 0.396 e. The van der Waals surface area contributed by atoms with Crippen LogP contribution in [0.2, 0.25) is 0 Å². The molecule has 1 aliphatic rings. The molecule has 2 aromatic rings. The molecule has 6 heteroatoms. The first kappa shape index (κ1) is 16.6. The van der Waals surface area contributed by atoms with Gasteiger partial charge in [-0.3, -0.25) is 4.79 Å². The molecule has 1 aromatic heterocycles. The molecule has 6 nitrogen and oxygen atoms in total. The summed E-state index contributed by atoms with van der Waals surface area (Å²) in [6, 6.07) is 7.25. The Balaban J connectivity index is 1.68. The molecule has 1 aliphatic heterocycles. The van der Waals surface area contributed by atoms with Crippen molar-refractivity contribution in [1.82, 2.24) is 15.0 Å². The SMILES string of the molecule is CCC1(CO)CCN(C(=O)c2ccc(-c3nc(C)no3)cc2)CC1. The first-order valence-electron chi connectivity index (χ1n) is 8.38. The average molecular weight is 329 g/mol. The van der Waals surface area contributed by atoms with E-state index in [1.807, 2.05) is 17.0 Å². The molecule has 128 valence electrons. The number of nitrogens with zero attached hydrogens (tertiary/aromatic N) is 3. The van der Waals surface area contributed by atoms with Crippen molar-refractivity contribution in [2.45, 2.75) is 33.1 Å². The fourth-order valence-electron chi connectivity index (χ4n) is 3.16. The van der Waals surface area contributed by atoms with E-state index in [0.717, 1.165) is 24.8 Å². The third-order valence-corrected chi connectivity index (χ3v) is 5.10. The van der Waals surface area contributed by atoms with Gasteiger partial charge in [-0.05, 0) is 55.9 Å². The van der Waals surface area contributed by atoms with Crippen molar-refractivity contribution in [3.63, 3.8) is 0 Å². The van der Waals surface area contributed by atoms with E-state index in [1.165, 1.54) is 0 Å². The molecule has 1 aromatic carbocycles. The van der Waals surface area contributed by atoms with Crippen LogP contribution in [0.25, 0.3) is 11.5 Å². The van der Waals surface area contributed by atoms with Gasteiger partial charge in [0.15, 0.2) is 5.82 Å². The maximum Gasteiger partial charge on any atom is 0.257 e. The molecule has 1 N–H and O–H groups in total. The Morgan fingerprint density at radius 1 is 1.29 bits per heavy atom. The summed E-state index contributed by atoms with van der Waals surface area (Å²) in [7, 11) is 0. The second-order valence-electron chi connectivity index (χ2n) is 6.53. The summed E-state index contributed by atoms with van der Waals surface area (Å²) >= 11 is 0. The molecular formula is C18H23N3O3. The Hall–Kier alpha value is -2.21. The average Bonchev–Trinajstić information content (AvgIpc) is 3.08. The van der Waals surface area contributed by atoms with Gasteiger partial charge >= 0.3 is 0 Å². The van der Waals surface area contributed by atoms with E-state index < -0.39 is 0 Å². The van der Waals surface area contributed by atoms with Gasteiger partial charge < -0.3 is 14.5 Å². The number of hydrogen-bond acceptors (Lipinski definition) is 5. The third kappa shape index (κ3) is 3.19. The smallest absolute Gasteiger partial charge is 0.257 e. The van der Waals surface area contributed by atoms with Crippen molar-refractivity contribution in [3.8, 4) is 11.5 Å². The van der Waals surface area contributed by atoms with E-state index in [1.54, 1.807) is 19.1 Å². The lowest BCUT2D eigenvalue weighted by Gasteiger charge is -2.40. The number of piperidine rings is 1. The minimum Gasteiger partial charge on any atom is -0.396 e. The molecule has 0 aliphatic carbocycles. The lowest BCUT2D eigenvalue weighted by atomic mass is 9.77. The molecule has 0 saturated carbocycles. The molecule has 0 spiro atoms. The number of aryl methyl sites for hydroxylation is 1. The van der Waals surface area contributed by atoms with E-state index in [2.05, 4.69) is 17.1 Å². The van der Waals surface area contributed by atoms with Crippen LogP contribution in [0, 0.1) is 12.3 Å². The van der Waals surface area contributed by atoms with E-state index in [4.69, 9.17) is 4.52 Å². The highest BCUT2D eigenvalue weighted by Crippen LogP contribution is 2.34. The van der Waals surface area contributed by atoms with Crippen LogP contribution in [-0.2, 0) is 0 Å². The molecule has 0 radical (unpaired) electrons. The number of hydrogen-bond donors (Lipinski definition) is 1. The Morgan fingerprint density at radius 3 is 2.46 bits per heavy atom. The highest BCUT2D eigenvalue weighted by Gasteiger charge is 2.34. The minimum atomic E-state index is -0.0174. The molecule has 1 saturated heterocycles. The molecule has 1 amide bonds. The van der Waals surface area contributed by atoms with E-state index >= 15 is 0 Å². The second kappa shape index (κ2) is 6.73. The predicted octanol–water partition coefficient (Wildman–Crippen LogP) is 2.67. The number of carbonyl (C=O) groups excluding carboxylic acids is 1. The van der Waals surface area contributed by atoms with Crippen molar-refractivity contribution in [2.75, 3.05) is 19.7 Å². The molecule has 0 unspecified atom stereocenters. The number of amides is 1. The van der Waals surface area contributed by atoms with Crippen LogP contribution >= 0.6 is 0 Å². The second-order valence-corrected chi connectivity index (χ2v) is 6.53. The van der Waals surface area contributed by atoms with Gasteiger partial charge in [-0.1, -0.05) is 12.1 Å². The first-order valence-corrected chi connectivity index (χ1v) is 8.38. The summed E-state index contributed by atoms with van der Waals surface area (Å²) < 4.78 is 5.13. The summed E-state index contributed by atoms with van der Waals surface area (Å²) in [5, 5.41) is 13.4. The molecule has 2 heterocycles. The molecular weight excluding hydrogens is 306 g/mol. The van der Waals surface area contributed by atoms with E-state index in [9.17, 15) is 9.90 Å². The molecule has 0 atom stereocenters. The van der Waals surface area contributed by atoms with Gasteiger partial charge in [-0.15, -0.1) is 0 Å². The van der Waals surface area contributed by atoms with Crippen molar-refractivity contribution in [1.29, 1.82) is 0 Å². The van der Waals surface area contributed by atoms with Gasteiger partial charge in [0, 0.05) is 30.8 Å². The van der Waals surface area contributed by atoms with E-state index in [-0.39, 0.29) is 17.9 Å². The zero-order valence-electron chi connectivity index (χ0n) is 14.2. The van der Waals surface area contributed by atoms with Crippen LogP contribution in [0.3, 0.4) is 0 Å². The fourth-order valence-corrected chi connectivity index (χ4v) is 3.16. The maximum absolute atomic E-state index is 12.7. The lowest BCUT2D eigenvalue weighted by molar-refractivity contribution is 0.0338. The van der Waals surface area contributed by atoms with Gasteiger partial charge in [0.25, 0.3) is 11.8 Å². The first-order chi connectivity index (χ1) is 11.6. The fraction of sp³-hybridized carbons (Fsp3) is 0.500. The van der Waals surface area contributed by atoms with Gasteiger partial charge in [0.2, 0.25) is 0 Å². The Morgan fingerprint density at radius 2 is 1.96 bits per heavy atom. The maximum atomic E-state index is 12.7. The minimum absolute atomic E-state index is 0.0174. The predicted molar refractivity (Wildman–Crippen MR) is 89.4 cm³/mol. The molecule has 3 rings (SSSR count). The van der Waals surface area contributed by atoms with Crippen LogP contribution in [0.15, 0.2) is 28.8 Å². The van der Waals surface area contributed by atoms with Crippen molar-refractivity contribution < 1.29 is 14.4 Å². The van der Waals surface area contributed by atoms with Crippen LogP contribution in [0.4, 0.5) is 0 Å². The standard InChI is InChI=1S/C18H23N3O3/c1-3-18(12-22)8-10-21(11-9-18)17(23)15-6-4-14(5-7-15)16-19-13(2)20-24-16/h4-7,22H,3,8-12H2,1-2H3. The molecule has 0 bridgehead atoms. The zero-order chi connectivity index (χ0) is 17.2. The number of aromatic nitrogens is 2. The Labute approximate surface area is 141 Å². The van der Waals surface area contributed by atoms with Gasteiger partial charge in [0.1, 0.15) is 0 Å². The third-order valence-electron chi connectivity index (χ3n) is 5.10. The number of likely N-dealkylation sites (tertiary alicyclic amines) is 1. The lowest BCUT2D eigenvalue weighted by Crippen LogP contribution is -2.44. The van der Waals surface area contributed by atoms with E-state index in [0.29, 0.717) is 30.4 Å². The van der Waals surface area contributed by atoms with Gasteiger partial charge in [0.05, 0.1) is 0 Å². The summed E-state index contributed by atoms with van der Waals surface area (Å²) in [4.78, 5) is 18.7. The zero-order valence-corrected chi connectivity index (χ0v) is 14.2. The number of benzene rings is 1. The van der Waals surface area contributed by atoms with Crippen LogP contribution in [-0.4, -0.2) is 45.8 Å². The highest BCUT2D eigenvalue weighted by atomic mass is 16.5. The van der Waals surface area contributed by atoms with Crippen LogP contribution in [0.1, 0.15) is 42.4 Å². The quantitative estimate of drug-likeness (QED) is 0.933. The number of carbonyl (C=O) groups is 1. The normalized spacial score (nSPS) is 17.0. The number of aliphatic hydroxyl groups is 1. The summed E-state index contributed by atoms with van der Waals surface area (Å²) in [6.07, 6.45) is 2.65. The summed E-state index contributed by atoms with van der Waals surface area (Å²) in [5.41, 5.74) is 1.44. The molecule has 1 fully saturated rings. The van der Waals surface area contributed by atoms with Crippen molar-refractivity contribution >= 4 is 5.91 Å². The topological polar surface area (TPSA) is 79.5 Å². The monoisotopic (exact) mass is 329 g/mol. The van der Waals surface area contributed by atoms with Crippen molar-refractivity contribution in [3.05, 3.63) is 35.7 Å². The number of aliphatic hydroxyl groups excluding tert-OH is 1.